The summed E-state index contributed by atoms with van der Waals surface area (Å²) in [5.41, 5.74) is 0.115. The Balaban J connectivity index is 2.45. The maximum absolute atomic E-state index is 13.2. The van der Waals surface area contributed by atoms with Gasteiger partial charge >= 0.3 is 12.3 Å². The van der Waals surface area contributed by atoms with E-state index in [0.29, 0.717) is 0 Å². The average Bonchev–Trinajstić information content (AvgIpc) is 2.92. The van der Waals surface area contributed by atoms with Crippen LogP contribution in [0, 0.1) is 0 Å². The molecule has 1 heterocycles. The topological polar surface area (TPSA) is 86.6 Å². The lowest BCUT2D eigenvalue weighted by atomic mass is 10.2. The molecule has 0 aliphatic carbocycles. The third-order valence-corrected chi connectivity index (χ3v) is 4.17. The number of hydrogen-bond acceptors (Lipinski definition) is 8. The number of aliphatic hydroxyl groups excluding tert-OH is 1. The second-order valence-electron chi connectivity index (χ2n) is 5.16. The predicted molar refractivity (Wildman–Crippen MR) is 95.8 cm³/mol. The van der Waals surface area contributed by atoms with E-state index in [9.17, 15) is 18.7 Å². The van der Waals surface area contributed by atoms with Gasteiger partial charge in [0, 0.05) is 19.6 Å². The normalized spacial score (nSPS) is 16.1. The van der Waals surface area contributed by atoms with Crippen molar-refractivity contribution >= 4 is 28.5 Å². The number of halogens is 2. The summed E-state index contributed by atoms with van der Waals surface area (Å²) < 4.78 is 45.1. The van der Waals surface area contributed by atoms with Crippen LogP contribution in [-0.4, -0.2) is 42.1 Å². The largest absolute Gasteiger partial charge is 0.586 e. The molecular weight excluding hydrogens is 384 g/mol. The van der Waals surface area contributed by atoms with Gasteiger partial charge in [0.15, 0.2) is 11.5 Å². The second kappa shape index (κ2) is 9.05. The van der Waals surface area contributed by atoms with E-state index in [0.717, 1.165) is 11.8 Å². The Bertz CT molecular complexity index is 766. The monoisotopic (exact) mass is 403 g/mol. The number of carbonyl (C=O) groups excluding carboxylic acids is 1. The number of methoxy groups -OCH3 is 1. The summed E-state index contributed by atoms with van der Waals surface area (Å²) in [6.07, 6.45) is -3.57. The lowest BCUT2D eigenvalue weighted by Gasteiger charge is -2.12. The summed E-state index contributed by atoms with van der Waals surface area (Å²) in [6.45, 7) is 3.41. The number of allylic oxidation sites excluding steroid dienone is 1. The Morgan fingerprint density at radius 1 is 1.30 bits per heavy atom. The van der Waals surface area contributed by atoms with Crippen LogP contribution in [0.2, 0.25) is 0 Å². The molecule has 1 N–H and O–H groups in total. The zero-order valence-corrected chi connectivity index (χ0v) is 15.8. The molecule has 1 aliphatic heterocycles. The van der Waals surface area contributed by atoms with Crippen LogP contribution in [0.4, 0.5) is 14.5 Å². The van der Waals surface area contributed by atoms with Gasteiger partial charge in [-0.05, 0) is 19.1 Å². The molecule has 0 aromatic heterocycles. The third kappa shape index (κ3) is 5.33. The lowest BCUT2D eigenvalue weighted by molar-refractivity contribution is -0.286. The molecule has 1 aromatic carbocycles. The van der Waals surface area contributed by atoms with Crippen molar-refractivity contribution in [1.29, 1.82) is 0 Å². The highest BCUT2D eigenvalue weighted by atomic mass is 32.2. The van der Waals surface area contributed by atoms with Gasteiger partial charge in [0.05, 0.1) is 18.2 Å². The van der Waals surface area contributed by atoms with Gasteiger partial charge < -0.3 is 24.1 Å². The lowest BCUT2D eigenvalue weighted by Crippen LogP contribution is -2.25. The molecule has 0 radical (unpaired) electrons. The van der Waals surface area contributed by atoms with Crippen molar-refractivity contribution in [1.82, 2.24) is 0 Å². The van der Waals surface area contributed by atoms with Crippen LogP contribution in [0.15, 0.2) is 34.5 Å². The van der Waals surface area contributed by atoms with Crippen LogP contribution in [0.1, 0.15) is 20.3 Å². The van der Waals surface area contributed by atoms with Gasteiger partial charge in [-0.2, -0.15) is 0 Å². The van der Waals surface area contributed by atoms with Gasteiger partial charge in [0.1, 0.15) is 16.4 Å². The quantitative estimate of drug-likeness (QED) is 0.183. The number of alkyl halides is 2. The second-order valence-corrected chi connectivity index (χ2v) is 6.07. The first kappa shape index (κ1) is 21.0. The van der Waals surface area contributed by atoms with E-state index in [2.05, 4.69) is 14.5 Å². The van der Waals surface area contributed by atoms with Crippen LogP contribution in [0.5, 0.6) is 11.5 Å². The van der Waals surface area contributed by atoms with Crippen LogP contribution in [0.25, 0.3) is 0 Å². The molecule has 1 aromatic rings. The first-order valence-electron chi connectivity index (χ1n) is 8.01. The third-order valence-electron chi connectivity index (χ3n) is 3.25. The van der Waals surface area contributed by atoms with E-state index >= 15 is 0 Å². The summed E-state index contributed by atoms with van der Waals surface area (Å²) in [5, 5.41) is 10.3. The summed E-state index contributed by atoms with van der Waals surface area (Å²) in [6, 6.07) is 3.94. The number of rotatable bonds is 7. The number of hydrogen-bond donors (Lipinski definition) is 1. The molecule has 7 nitrogen and oxygen atoms in total. The number of ether oxygens (including phenoxy) is 4. The van der Waals surface area contributed by atoms with E-state index in [4.69, 9.17) is 9.47 Å². The summed E-state index contributed by atoms with van der Waals surface area (Å²) in [5.74, 6) is -1.11. The van der Waals surface area contributed by atoms with Crippen LogP contribution >= 0.6 is 11.8 Å². The van der Waals surface area contributed by atoms with E-state index in [1.54, 1.807) is 13.8 Å². The molecule has 0 saturated heterocycles. The molecule has 148 valence electrons. The fourth-order valence-corrected chi connectivity index (χ4v) is 2.85. The Hall–Kier alpha value is -2.33. The average molecular weight is 403 g/mol. The summed E-state index contributed by atoms with van der Waals surface area (Å²) >= 11 is 1.04. The smallest absolute Gasteiger partial charge is 0.511 e. The Labute approximate surface area is 159 Å². The maximum Gasteiger partial charge on any atom is 0.586 e. The van der Waals surface area contributed by atoms with Gasteiger partial charge in [0.25, 0.3) is 0 Å². The molecule has 0 bridgehead atoms. The minimum atomic E-state index is -3.74. The molecule has 0 unspecified atom stereocenters. The van der Waals surface area contributed by atoms with Crippen LogP contribution in [-0.2, 0) is 14.3 Å². The first-order valence-corrected chi connectivity index (χ1v) is 8.99. The number of carbonyl (C=O) groups is 1. The van der Waals surface area contributed by atoms with E-state index in [-0.39, 0.29) is 52.5 Å². The molecule has 0 saturated carbocycles. The standard InChI is InChI=1S/C17H19F2NO6S/c1-4-11(21)14(16(22)24-5-2)15(27-9-23-3)20-10-6-7-12-13(8-10)26-17(18,19)25-12/h6-8,21H,4-5,9H2,1-3H3/b14-11-,20-15?. The molecule has 0 atom stereocenters. The van der Waals surface area contributed by atoms with Crippen molar-refractivity contribution in [2.45, 2.75) is 26.6 Å². The number of esters is 1. The molecule has 0 amide bonds. The number of aliphatic imine (C=N–C) groups is 1. The van der Waals surface area contributed by atoms with Crippen molar-refractivity contribution in [2.24, 2.45) is 4.99 Å². The highest BCUT2D eigenvalue weighted by Gasteiger charge is 2.43. The zero-order chi connectivity index (χ0) is 20.0. The molecule has 0 spiro atoms. The SMILES string of the molecule is CCOC(=O)/C(C(=Nc1ccc2c(c1)OC(F)(F)O2)SCOC)=C(\O)CC. The van der Waals surface area contributed by atoms with Crippen molar-refractivity contribution in [3.63, 3.8) is 0 Å². The Morgan fingerprint density at radius 3 is 2.63 bits per heavy atom. The fraction of sp³-hybridized carbons (Fsp3) is 0.412. The molecule has 0 fully saturated rings. The van der Waals surface area contributed by atoms with E-state index in [1.165, 1.54) is 25.3 Å². The molecular formula is C17H19F2NO6S. The highest BCUT2D eigenvalue weighted by Crippen LogP contribution is 2.43. The number of thioether (sulfide) groups is 1. The first-order chi connectivity index (χ1) is 12.8. The number of benzene rings is 1. The molecule has 1 aliphatic rings. The molecule has 10 heteroatoms. The zero-order valence-electron chi connectivity index (χ0n) is 15.0. The molecule has 2 rings (SSSR count). The van der Waals surface area contributed by atoms with Gasteiger partial charge in [-0.25, -0.2) is 9.79 Å². The minimum Gasteiger partial charge on any atom is -0.511 e. The summed E-state index contributed by atoms with van der Waals surface area (Å²) in [4.78, 5) is 16.6. The van der Waals surface area contributed by atoms with Gasteiger partial charge in [0.2, 0.25) is 0 Å². The Kier molecular flexibility index (Phi) is 7.03. The summed E-state index contributed by atoms with van der Waals surface area (Å²) in [7, 11) is 1.46. The van der Waals surface area contributed by atoms with Crippen molar-refractivity contribution in [2.75, 3.05) is 19.7 Å². The van der Waals surface area contributed by atoms with Crippen molar-refractivity contribution < 1.29 is 37.6 Å². The van der Waals surface area contributed by atoms with Crippen LogP contribution in [0.3, 0.4) is 0 Å². The van der Waals surface area contributed by atoms with Gasteiger partial charge in [-0.15, -0.1) is 8.78 Å². The molecule has 27 heavy (non-hydrogen) atoms. The predicted octanol–water partition coefficient (Wildman–Crippen LogP) is 4.16. The number of nitrogens with zero attached hydrogens (tertiary/aromatic N) is 1. The van der Waals surface area contributed by atoms with Gasteiger partial charge in [-0.1, -0.05) is 18.7 Å². The minimum absolute atomic E-state index is 0.107. The number of fused-ring (bicyclic) bond motifs is 1. The Morgan fingerprint density at radius 2 is 2.00 bits per heavy atom. The maximum atomic E-state index is 13.2. The van der Waals surface area contributed by atoms with E-state index in [1.807, 2.05) is 0 Å². The fourth-order valence-electron chi connectivity index (χ4n) is 2.11. The van der Waals surface area contributed by atoms with Crippen LogP contribution < -0.4 is 9.47 Å². The highest BCUT2D eigenvalue weighted by molar-refractivity contribution is 8.14. The van der Waals surface area contributed by atoms with E-state index < -0.39 is 12.3 Å². The van der Waals surface area contributed by atoms with Crippen molar-refractivity contribution in [3.8, 4) is 11.5 Å². The van der Waals surface area contributed by atoms with Gasteiger partial charge in [-0.3, -0.25) is 0 Å². The van der Waals surface area contributed by atoms with Crippen molar-refractivity contribution in [3.05, 3.63) is 29.5 Å². The number of aliphatic hydroxyl groups is 1.